The Morgan fingerprint density at radius 3 is 2.53 bits per heavy atom. The third kappa shape index (κ3) is 1.22. The van der Waals surface area contributed by atoms with Crippen molar-refractivity contribution in [2.45, 2.75) is 33.6 Å². The summed E-state index contributed by atoms with van der Waals surface area (Å²) >= 11 is 0. The van der Waals surface area contributed by atoms with Crippen molar-refractivity contribution in [1.82, 2.24) is 0 Å². The number of ether oxygens (including phenoxy) is 2. The number of fused-ring (bicyclic) bond motifs is 2. The first kappa shape index (κ1) is 10.5. The van der Waals surface area contributed by atoms with Gasteiger partial charge in [-0.15, -0.1) is 0 Å². The fourth-order valence-corrected chi connectivity index (χ4v) is 2.91. The second-order valence-electron chi connectivity index (χ2n) is 5.29. The van der Waals surface area contributed by atoms with Crippen molar-refractivity contribution in [2.24, 2.45) is 16.7 Å². The Hall–Kier alpha value is -0.990. The van der Waals surface area contributed by atoms with Crippen LogP contribution in [0, 0.1) is 16.7 Å². The summed E-state index contributed by atoms with van der Waals surface area (Å²) in [6.45, 7) is 6.67. The highest BCUT2D eigenvalue weighted by atomic mass is 16.7. The molecule has 2 aliphatic carbocycles. The lowest BCUT2D eigenvalue weighted by Gasteiger charge is -2.35. The molecule has 0 saturated heterocycles. The number of rotatable bonds is 1. The van der Waals surface area contributed by atoms with Crippen LogP contribution in [0.3, 0.4) is 0 Å². The number of carbonyl (C=O) groups is 1. The van der Waals surface area contributed by atoms with Crippen molar-refractivity contribution >= 4 is 6.16 Å². The van der Waals surface area contributed by atoms with Crippen LogP contribution >= 0.6 is 0 Å². The molecule has 0 aromatic heterocycles. The number of carbonyl (C=O) groups excluding carboxylic acids is 1. The zero-order chi connectivity index (χ0) is 11.3. The molecule has 2 rings (SSSR count). The van der Waals surface area contributed by atoms with Gasteiger partial charge in [0.2, 0.25) is 0 Å². The third-order valence-corrected chi connectivity index (χ3v) is 4.56. The van der Waals surface area contributed by atoms with E-state index in [1.807, 2.05) is 0 Å². The van der Waals surface area contributed by atoms with Crippen LogP contribution < -0.4 is 0 Å². The van der Waals surface area contributed by atoms with Crippen molar-refractivity contribution < 1.29 is 14.3 Å². The standard InChI is InChI=1S/C12H18O3/c1-11(2)8-5-6-12(11,3)9(7-8)15-10(13)14-4/h7-8H,5-6H2,1-4H3/t8-,12+/m0/s1. The molecule has 0 N–H and O–H groups in total. The lowest BCUT2D eigenvalue weighted by molar-refractivity contribution is 0.0583. The SMILES string of the molecule is COC(=O)OC1=C[C@@H]2CC[C@@]1(C)C2(C)C. The molecule has 1 saturated carbocycles. The summed E-state index contributed by atoms with van der Waals surface area (Å²) in [6, 6.07) is 0. The van der Waals surface area contributed by atoms with Crippen LogP contribution in [0.4, 0.5) is 4.79 Å². The Kier molecular flexibility index (Phi) is 2.11. The van der Waals surface area contributed by atoms with Gasteiger partial charge in [0.25, 0.3) is 0 Å². The molecule has 0 aliphatic heterocycles. The lowest BCUT2D eigenvalue weighted by Crippen LogP contribution is -2.31. The maximum Gasteiger partial charge on any atom is 0.513 e. The van der Waals surface area contributed by atoms with Crippen molar-refractivity contribution in [3.8, 4) is 0 Å². The number of hydrogen-bond donors (Lipinski definition) is 0. The first-order chi connectivity index (χ1) is 6.91. The number of hydrogen-bond acceptors (Lipinski definition) is 3. The van der Waals surface area contributed by atoms with Gasteiger partial charge in [-0.1, -0.05) is 20.8 Å². The molecule has 2 atom stereocenters. The van der Waals surface area contributed by atoms with Gasteiger partial charge in [0.05, 0.1) is 7.11 Å². The van der Waals surface area contributed by atoms with E-state index in [9.17, 15) is 4.79 Å². The van der Waals surface area contributed by atoms with Gasteiger partial charge < -0.3 is 9.47 Å². The van der Waals surface area contributed by atoms with E-state index in [0.29, 0.717) is 5.92 Å². The van der Waals surface area contributed by atoms with Gasteiger partial charge in [-0.3, -0.25) is 0 Å². The van der Waals surface area contributed by atoms with E-state index in [2.05, 4.69) is 31.6 Å². The second kappa shape index (κ2) is 3.00. The molecular formula is C12H18O3. The Morgan fingerprint density at radius 1 is 1.47 bits per heavy atom. The molecule has 3 nitrogen and oxygen atoms in total. The molecule has 2 aliphatic rings. The van der Waals surface area contributed by atoms with Crippen LogP contribution in [0.25, 0.3) is 0 Å². The molecule has 0 unspecified atom stereocenters. The fourth-order valence-electron chi connectivity index (χ4n) is 2.91. The Bertz CT molecular complexity index is 330. The first-order valence-electron chi connectivity index (χ1n) is 5.40. The minimum Gasteiger partial charge on any atom is -0.437 e. The highest BCUT2D eigenvalue weighted by Gasteiger charge is 2.58. The molecule has 0 amide bonds. The maximum absolute atomic E-state index is 11.1. The highest BCUT2D eigenvalue weighted by molar-refractivity contribution is 5.62. The summed E-state index contributed by atoms with van der Waals surface area (Å²) < 4.78 is 9.76. The quantitative estimate of drug-likeness (QED) is 0.624. The van der Waals surface area contributed by atoms with Gasteiger partial charge in [-0.2, -0.15) is 0 Å². The van der Waals surface area contributed by atoms with E-state index in [1.165, 1.54) is 13.5 Å². The van der Waals surface area contributed by atoms with Crippen LogP contribution in [-0.4, -0.2) is 13.3 Å². The topological polar surface area (TPSA) is 35.5 Å². The molecule has 3 heteroatoms. The molecule has 0 aromatic carbocycles. The minimum atomic E-state index is -0.606. The maximum atomic E-state index is 11.1. The predicted molar refractivity (Wildman–Crippen MR) is 56.2 cm³/mol. The summed E-state index contributed by atoms with van der Waals surface area (Å²) in [7, 11) is 1.34. The molecule has 0 radical (unpaired) electrons. The molecule has 2 bridgehead atoms. The zero-order valence-corrected chi connectivity index (χ0v) is 9.79. The highest BCUT2D eigenvalue weighted by Crippen LogP contribution is 2.65. The van der Waals surface area contributed by atoms with Crippen molar-refractivity contribution in [2.75, 3.05) is 7.11 Å². The van der Waals surface area contributed by atoms with Crippen molar-refractivity contribution in [1.29, 1.82) is 0 Å². The Balaban J connectivity index is 2.24. The zero-order valence-electron chi connectivity index (χ0n) is 9.79. The molecular weight excluding hydrogens is 192 g/mol. The van der Waals surface area contributed by atoms with Gasteiger partial charge in [0.15, 0.2) is 0 Å². The largest absolute Gasteiger partial charge is 0.513 e. The summed E-state index contributed by atoms with van der Waals surface area (Å²) in [5, 5.41) is 0. The summed E-state index contributed by atoms with van der Waals surface area (Å²) in [6.07, 6.45) is 3.77. The lowest BCUT2D eigenvalue weighted by atomic mass is 9.70. The summed E-state index contributed by atoms with van der Waals surface area (Å²) in [5.74, 6) is 1.33. The molecule has 0 spiro atoms. The van der Waals surface area contributed by atoms with Crippen LogP contribution in [0.15, 0.2) is 11.8 Å². The smallest absolute Gasteiger partial charge is 0.437 e. The third-order valence-electron chi connectivity index (χ3n) is 4.56. The van der Waals surface area contributed by atoms with E-state index >= 15 is 0 Å². The molecule has 1 fully saturated rings. The Morgan fingerprint density at radius 2 is 2.13 bits per heavy atom. The average molecular weight is 210 g/mol. The van der Waals surface area contributed by atoms with E-state index in [0.717, 1.165) is 12.2 Å². The van der Waals surface area contributed by atoms with Crippen molar-refractivity contribution in [3.05, 3.63) is 11.8 Å². The molecule has 0 heterocycles. The van der Waals surface area contributed by atoms with E-state index in [-0.39, 0.29) is 10.8 Å². The molecule has 84 valence electrons. The molecule has 15 heavy (non-hydrogen) atoms. The van der Waals surface area contributed by atoms with Gasteiger partial charge in [0.1, 0.15) is 5.76 Å². The van der Waals surface area contributed by atoms with Gasteiger partial charge >= 0.3 is 6.16 Å². The van der Waals surface area contributed by atoms with Gasteiger partial charge in [0, 0.05) is 5.41 Å². The second-order valence-corrected chi connectivity index (χ2v) is 5.29. The predicted octanol–water partition coefficient (Wildman–Crippen LogP) is 3.11. The number of methoxy groups -OCH3 is 1. The summed E-state index contributed by atoms with van der Waals surface area (Å²) in [4.78, 5) is 11.1. The average Bonchev–Trinajstić information content (AvgIpc) is 2.50. The van der Waals surface area contributed by atoms with Crippen LogP contribution in [0.5, 0.6) is 0 Å². The van der Waals surface area contributed by atoms with Crippen molar-refractivity contribution in [3.63, 3.8) is 0 Å². The number of allylic oxidation sites excluding steroid dienone is 2. The monoisotopic (exact) mass is 210 g/mol. The normalized spacial score (nSPS) is 36.3. The fraction of sp³-hybridized carbons (Fsp3) is 0.750. The Labute approximate surface area is 90.4 Å². The van der Waals surface area contributed by atoms with E-state index < -0.39 is 6.16 Å². The van der Waals surface area contributed by atoms with Crippen LogP contribution in [0.1, 0.15) is 33.6 Å². The summed E-state index contributed by atoms with van der Waals surface area (Å²) in [5.41, 5.74) is 0.183. The van der Waals surface area contributed by atoms with E-state index in [1.54, 1.807) is 0 Å². The molecule has 0 aromatic rings. The van der Waals surface area contributed by atoms with Gasteiger partial charge in [-0.05, 0) is 30.3 Å². The minimum absolute atomic E-state index is 0.00808. The first-order valence-corrected chi connectivity index (χ1v) is 5.40. The van der Waals surface area contributed by atoms with Gasteiger partial charge in [-0.25, -0.2) is 4.79 Å². The van der Waals surface area contributed by atoms with Crippen LogP contribution in [-0.2, 0) is 9.47 Å². The van der Waals surface area contributed by atoms with E-state index in [4.69, 9.17) is 4.74 Å². The van der Waals surface area contributed by atoms with Crippen LogP contribution in [0.2, 0.25) is 0 Å².